The van der Waals surface area contributed by atoms with Crippen molar-refractivity contribution in [2.24, 2.45) is 4.99 Å². The van der Waals surface area contributed by atoms with Gasteiger partial charge in [0.05, 0.1) is 30.6 Å². The van der Waals surface area contributed by atoms with Gasteiger partial charge in [0.1, 0.15) is 5.75 Å². The molecule has 0 saturated carbocycles. The summed E-state index contributed by atoms with van der Waals surface area (Å²) in [5, 5.41) is 12.1. The van der Waals surface area contributed by atoms with Crippen LogP contribution in [0.15, 0.2) is 28.8 Å². The van der Waals surface area contributed by atoms with Crippen molar-refractivity contribution in [2.45, 2.75) is 13.0 Å². The number of hydrogen-bond donors (Lipinski definition) is 1. The predicted octanol–water partition coefficient (Wildman–Crippen LogP) is 1.74. The first-order valence-electron chi connectivity index (χ1n) is 9.78. The van der Waals surface area contributed by atoms with Crippen LogP contribution in [0.25, 0.3) is 12.2 Å². The molecule has 1 amide bonds. The Morgan fingerprint density at radius 1 is 1.33 bits per heavy atom. The number of ether oxygens (including phenoxy) is 2. The lowest BCUT2D eigenvalue weighted by molar-refractivity contribution is -0.114. The molecule has 0 unspecified atom stereocenters. The molecule has 0 atom stereocenters. The number of morpholine rings is 1. The molecular weight excluding hydrogens is 422 g/mol. The molecule has 7 nitrogen and oxygen atoms in total. The van der Waals surface area contributed by atoms with Gasteiger partial charge >= 0.3 is 0 Å². The maximum absolute atomic E-state index is 12.5. The number of hydrogen-bond acceptors (Lipinski definition) is 7. The Kier molecular flexibility index (Phi) is 6.43. The molecule has 1 aromatic carbocycles. The second kappa shape index (κ2) is 9.22. The van der Waals surface area contributed by atoms with Crippen molar-refractivity contribution in [1.29, 1.82) is 0 Å². The number of rotatable bonds is 6. The summed E-state index contributed by atoms with van der Waals surface area (Å²) in [6, 6.07) is 5.41. The summed E-state index contributed by atoms with van der Waals surface area (Å²) in [6.45, 7) is 4.98. The van der Waals surface area contributed by atoms with E-state index >= 15 is 0 Å². The minimum Gasteiger partial charge on any atom is -0.497 e. The fourth-order valence-electron chi connectivity index (χ4n) is 3.50. The van der Waals surface area contributed by atoms with Gasteiger partial charge in [-0.15, -0.1) is 11.3 Å². The number of aromatic hydroxyl groups is 1. The number of carbonyl (C=O) groups is 1. The van der Waals surface area contributed by atoms with Gasteiger partial charge in [0, 0.05) is 43.0 Å². The summed E-state index contributed by atoms with van der Waals surface area (Å²) in [6.07, 6.45) is 4.31. The lowest BCUT2D eigenvalue weighted by Crippen LogP contribution is -2.37. The third kappa shape index (κ3) is 4.54. The van der Waals surface area contributed by atoms with Crippen molar-refractivity contribution in [3.8, 4) is 11.6 Å². The van der Waals surface area contributed by atoms with E-state index in [1.54, 1.807) is 29.9 Å². The van der Waals surface area contributed by atoms with E-state index in [9.17, 15) is 9.90 Å². The molecule has 1 fully saturated rings. The molecule has 0 aliphatic carbocycles. The summed E-state index contributed by atoms with van der Waals surface area (Å²) in [5.74, 6) is 0.394. The van der Waals surface area contributed by atoms with E-state index in [4.69, 9.17) is 21.7 Å². The third-order valence-electron chi connectivity index (χ3n) is 5.16. The molecule has 3 heterocycles. The van der Waals surface area contributed by atoms with Crippen LogP contribution in [0.5, 0.6) is 11.6 Å². The summed E-state index contributed by atoms with van der Waals surface area (Å²) in [7, 11) is 1.57. The Balaban J connectivity index is 1.53. The number of methoxy groups -OCH3 is 1. The van der Waals surface area contributed by atoms with E-state index in [0.717, 1.165) is 44.5 Å². The molecule has 4 rings (SSSR count). The van der Waals surface area contributed by atoms with Gasteiger partial charge in [-0.2, -0.15) is 0 Å². The van der Waals surface area contributed by atoms with Crippen LogP contribution in [-0.4, -0.2) is 60.4 Å². The third-order valence-corrected chi connectivity index (χ3v) is 6.54. The van der Waals surface area contributed by atoms with Crippen molar-refractivity contribution < 1.29 is 19.4 Å². The number of nitrogens with zero attached hydrogens (tertiary/aromatic N) is 3. The lowest BCUT2D eigenvalue weighted by Gasteiger charge is -2.26. The first-order valence-corrected chi connectivity index (χ1v) is 11.0. The molecule has 0 spiro atoms. The monoisotopic (exact) mass is 445 g/mol. The Bertz CT molecular complexity index is 1160. The van der Waals surface area contributed by atoms with Gasteiger partial charge in [0.15, 0.2) is 3.95 Å². The summed E-state index contributed by atoms with van der Waals surface area (Å²) in [5.41, 5.74) is 0.416. The molecule has 1 N–H and O–H groups in total. The van der Waals surface area contributed by atoms with Crippen molar-refractivity contribution in [1.82, 2.24) is 9.47 Å². The highest BCUT2D eigenvalue weighted by Crippen LogP contribution is 2.29. The van der Waals surface area contributed by atoms with Gasteiger partial charge in [0.2, 0.25) is 5.88 Å². The van der Waals surface area contributed by atoms with Crippen LogP contribution in [0.4, 0.5) is 0 Å². The lowest BCUT2D eigenvalue weighted by atomic mass is 10.1. The van der Waals surface area contributed by atoms with Gasteiger partial charge < -0.3 is 14.6 Å². The molecule has 1 saturated heterocycles. The normalized spacial score (nSPS) is 18.0. The van der Waals surface area contributed by atoms with Crippen molar-refractivity contribution in [3.05, 3.63) is 43.2 Å². The molecule has 2 aliphatic heterocycles. The van der Waals surface area contributed by atoms with Crippen LogP contribution >= 0.6 is 23.6 Å². The van der Waals surface area contributed by atoms with E-state index in [0.29, 0.717) is 32.1 Å². The number of amides is 1. The number of fused-ring (bicyclic) bond motifs is 1. The zero-order chi connectivity index (χ0) is 21.1. The second-order valence-electron chi connectivity index (χ2n) is 7.10. The molecule has 30 heavy (non-hydrogen) atoms. The molecule has 158 valence electrons. The molecular formula is C21H23N3O4S2. The smallest absolute Gasteiger partial charge is 0.277 e. The Morgan fingerprint density at radius 2 is 2.13 bits per heavy atom. The van der Waals surface area contributed by atoms with Crippen molar-refractivity contribution in [3.63, 3.8) is 0 Å². The second-order valence-corrected chi connectivity index (χ2v) is 8.78. The standard InChI is InChI=1S/C21H23N3O4S2/c1-27-16-4-3-14-11-15(19(25)22-17(14)13-16)12-18-20(26)24(21(29)30-18)6-2-5-23-7-9-28-10-8-23/h3-4,11-13,26H,2,5-10H2,1H3. The number of thiazole rings is 1. The minimum absolute atomic E-state index is 0.0983. The van der Waals surface area contributed by atoms with Crippen LogP contribution < -0.4 is 15.3 Å². The van der Waals surface area contributed by atoms with Gasteiger partial charge in [0.25, 0.3) is 5.91 Å². The summed E-state index contributed by atoms with van der Waals surface area (Å²) < 4.78 is 12.9. The van der Waals surface area contributed by atoms with Crippen molar-refractivity contribution >= 4 is 41.6 Å². The van der Waals surface area contributed by atoms with Crippen molar-refractivity contribution in [2.75, 3.05) is 40.0 Å². The highest BCUT2D eigenvalue weighted by Gasteiger charge is 2.16. The molecule has 9 heteroatoms. The van der Waals surface area contributed by atoms with Gasteiger partial charge in [-0.1, -0.05) is 0 Å². The molecule has 2 aliphatic rings. The highest BCUT2D eigenvalue weighted by molar-refractivity contribution is 7.73. The quantitative estimate of drug-likeness (QED) is 0.539. The van der Waals surface area contributed by atoms with Crippen LogP contribution in [0.2, 0.25) is 0 Å². The zero-order valence-electron chi connectivity index (χ0n) is 16.7. The Hall–Kier alpha value is -2.33. The Labute approximate surface area is 183 Å². The fraction of sp³-hybridized carbons (Fsp3) is 0.381. The Morgan fingerprint density at radius 3 is 2.90 bits per heavy atom. The van der Waals surface area contributed by atoms with E-state index in [2.05, 4.69) is 9.89 Å². The maximum Gasteiger partial charge on any atom is 0.277 e. The number of benzene rings is 1. The van der Waals surface area contributed by atoms with Gasteiger partial charge in [-0.25, -0.2) is 4.99 Å². The number of carbonyl (C=O) groups excluding carboxylic acids is 1. The average Bonchev–Trinajstić information content (AvgIpc) is 3.02. The predicted molar refractivity (Wildman–Crippen MR) is 118 cm³/mol. The summed E-state index contributed by atoms with van der Waals surface area (Å²) in [4.78, 5) is 19.5. The first kappa shape index (κ1) is 20.9. The molecule has 0 radical (unpaired) electrons. The van der Waals surface area contributed by atoms with Crippen LogP contribution in [0, 0.1) is 3.95 Å². The zero-order valence-corrected chi connectivity index (χ0v) is 18.3. The van der Waals surface area contributed by atoms with E-state index in [1.165, 1.54) is 11.3 Å². The van der Waals surface area contributed by atoms with E-state index in [-0.39, 0.29) is 11.8 Å². The largest absolute Gasteiger partial charge is 0.497 e. The number of aromatic nitrogens is 1. The molecule has 0 bridgehead atoms. The molecule has 2 aromatic rings. The van der Waals surface area contributed by atoms with Crippen LogP contribution in [0.3, 0.4) is 0 Å². The van der Waals surface area contributed by atoms with Crippen LogP contribution in [-0.2, 0) is 16.1 Å². The van der Waals surface area contributed by atoms with E-state index < -0.39 is 0 Å². The van der Waals surface area contributed by atoms with Gasteiger partial charge in [-0.05, 0) is 42.9 Å². The van der Waals surface area contributed by atoms with E-state index in [1.807, 2.05) is 12.1 Å². The fourth-order valence-corrected chi connectivity index (χ4v) is 4.81. The first-order chi connectivity index (χ1) is 14.5. The molecule has 1 aromatic heterocycles. The maximum atomic E-state index is 12.5. The van der Waals surface area contributed by atoms with Gasteiger partial charge in [-0.3, -0.25) is 14.3 Å². The topological polar surface area (TPSA) is 76.3 Å². The van der Waals surface area contributed by atoms with Crippen LogP contribution in [0.1, 0.15) is 11.3 Å². The highest BCUT2D eigenvalue weighted by atomic mass is 32.1. The SMILES string of the molecule is COc1ccc2c(c1)=NC(=O)C(=Cc1sc(=S)n(CCCN3CCOCC3)c1O)C=2. The summed E-state index contributed by atoms with van der Waals surface area (Å²) >= 11 is 6.74. The minimum atomic E-state index is -0.353. The average molecular weight is 446 g/mol.